The Hall–Kier alpha value is -2.64. The van der Waals surface area contributed by atoms with Crippen molar-refractivity contribution in [2.45, 2.75) is 32.5 Å². The Morgan fingerprint density at radius 2 is 1.72 bits per heavy atom. The van der Waals surface area contributed by atoms with Gasteiger partial charge in [-0.2, -0.15) is 9.61 Å². The minimum atomic E-state index is -0.385. The largest absolute Gasteiger partial charge is 0.497 e. The molecule has 29 heavy (non-hydrogen) atoms. The van der Waals surface area contributed by atoms with Gasteiger partial charge in [-0.3, -0.25) is 0 Å². The standard InChI is InChI=1S/C22H26N4O3/c1-15-16(2)23-20-14-19(17-4-6-18(27-3)7-5-17)24-26(20)21(15)25-10-8-22(9-11-25)28-12-13-29-22/h4-7,14H,8-13H2,1-3H3. The predicted molar refractivity (Wildman–Crippen MR) is 111 cm³/mol. The van der Waals surface area contributed by atoms with E-state index in [1.807, 2.05) is 34.8 Å². The summed E-state index contributed by atoms with van der Waals surface area (Å²) in [6.45, 7) is 7.32. The zero-order valence-electron chi connectivity index (χ0n) is 17.1. The van der Waals surface area contributed by atoms with Crippen molar-refractivity contribution in [1.29, 1.82) is 0 Å². The molecule has 0 N–H and O–H groups in total. The SMILES string of the molecule is COc1ccc(-c2cc3nc(C)c(C)c(N4CCC5(CC4)OCCO5)n3n2)cc1. The van der Waals surface area contributed by atoms with Gasteiger partial charge < -0.3 is 19.1 Å². The minimum Gasteiger partial charge on any atom is -0.497 e. The third-order valence-electron chi connectivity index (χ3n) is 6.08. The van der Waals surface area contributed by atoms with E-state index in [0.29, 0.717) is 13.2 Å². The van der Waals surface area contributed by atoms with Crippen LogP contribution in [0.25, 0.3) is 16.9 Å². The van der Waals surface area contributed by atoms with Crippen LogP contribution in [-0.2, 0) is 9.47 Å². The Morgan fingerprint density at radius 1 is 1.03 bits per heavy atom. The van der Waals surface area contributed by atoms with Gasteiger partial charge in [-0.15, -0.1) is 0 Å². The summed E-state index contributed by atoms with van der Waals surface area (Å²) in [7, 11) is 1.67. The number of rotatable bonds is 3. The van der Waals surface area contributed by atoms with Crippen LogP contribution in [0, 0.1) is 13.8 Å². The second-order valence-electron chi connectivity index (χ2n) is 7.77. The van der Waals surface area contributed by atoms with Crippen molar-refractivity contribution >= 4 is 11.5 Å². The number of nitrogens with zero attached hydrogens (tertiary/aromatic N) is 4. The first-order valence-electron chi connectivity index (χ1n) is 10.1. The zero-order valence-corrected chi connectivity index (χ0v) is 17.1. The third-order valence-corrected chi connectivity index (χ3v) is 6.08. The fourth-order valence-electron chi connectivity index (χ4n) is 4.30. The molecule has 0 bridgehead atoms. The van der Waals surface area contributed by atoms with E-state index in [0.717, 1.165) is 65.7 Å². The van der Waals surface area contributed by atoms with Gasteiger partial charge in [0.1, 0.15) is 11.6 Å². The molecule has 7 nitrogen and oxygen atoms in total. The lowest BCUT2D eigenvalue weighted by molar-refractivity contribution is -0.169. The average molecular weight is 394 g/mol. The summed E-state index contributed by atoms with van der Waals surface area (Å²) >= 11 is 0. The molecular weight excluding hydrogens is 368 g/mol. The van der Waals surface area contributed by atoms with E-state index in [-0.39, 0.29) is 5.79 Å². The molecule has 5 rings (SSSR count). The van der Waals surface area contributed by atoms with Gasteiger partial charge in [0.25, 0.3) is 0 Å². The molecule has 2 fully saturated rings. The third kappa shape index (κ3) is 3.14. The van der Waals surface area contributed by atoms with Crippen LogP contribution in [0.1, 0.15) is 24.1 Å². The van der Waals surface area contributed by atoms with Crippen LogP contribution in [0.4, 0.5) is 5.82 Å². The number of ether oxygens (including phenoxy) is 3. The number of hydrogen-bond donors (Lipinski definition) is 0. The van der Waals surface area contributed by atoms with E-state index in [2.05, 4.69) is 18.7 Å². The van der Waals surface area contributed by atoms with Gasteiger partial charge in [-0.05, 0) is 38.1 Å². The molecule has 0 atom stereocenters. The van der Waals surface area contributed by atoms with E-state index in [9.17, 15) is 0 Å². The van der Waals surface area contributed by atoms with Crippen molar-refractivity contribution in [3.05, 3.63) is 41.6 Å². The van der Waals surface area contributed by atoms with Gasteiger partial charge in [-0.25, -0.2) is 4.98 Å². The van der Waals surface area contributed by atoms with Crippen molar-refractivity contribution < 1.29 is 14.2 Å². The molecule has 152 valence electrons. The Labute approximate surface area is 170 Å². The maximum absolute atomic E-state index is 5.89. The van der Waals surface area contributed by atoms with Gasteiger partial charge in [0.05, 0.1) is 26.0 Å². The average Bonchev–Trinajstić information content (AvgIpc) is 3.37. The Bertz CT molecular complexity index is 1030. The second kappa shape index (κ2) is 7.00. The normalized spacial score (nSPS) is 18.7. The van der Waals surface area contributed by atoms with Crippen LogP contribution < -0.4 is 9.64 Å². The topological polar surface area (TPSA) is 61.1 Å². The highest BCUT2D eigenvalue weighted by Gasteiger charge is 2.40. The zero-order chi connectivity index (χ0) is 20.0. The fraction of sp³-hybridized carbons (Fsp3) is 0.455. The van der Waals surface area contributed by atoms with Crippen molar-refractivity contribution in [1.82, 2.24) is 14.6 Å². The molecule has 0 saturated carbocycles. The van der Waals surface area contributed by atoms with Gasteiger partial charge in [0, 0.05) is 48.8 Å². The minimum absolute atomic E-state index is 0.385. The summed E-state index contributed by atoms with van der Waals surface area (Å²) in [5, 5.41) is 4.91. The van der Waals surface area contributed by atoms with E-state index in [1.165, 1.54) is 0 Å². The van der Waals surface area contributed by atoms with E-state index in [1.54, 1.807) is 7.11 Å². The lowest BCUT2D eigenvalue weighted by atomic mass is 10.0. The van der Waals surface area contributed by atoms with Crippen LogP contribution in [0.3, 0.4) is 0 Å². The maximum atomic E-state index is 5.89. The van der Waals surface area contributed by atoms with Crippen molar-refractivity contribution in [3.8, 4) is 17.0 Å². The number of aryl methyl sites for hydroxylation is 1. The summed E-state index contributed by atoms with van der Waals surface area (Å²) < 4.78 is 19.0. The molecule has 1 aromatic carbocycles. The van der Waals surface area contributed by atoms with Gasteiger partial charge in [0.2, 0.25) is 0 Å². The number of anilines is 1. The molecule has 2 aliphatic heterocycles. The molecule has 0 unspecified atom stereocenters. The molecule has 2 aliphatic rings. The fourth-order valence-corrected chi connectivity index (χ4v) is 4.30. The van der Waals surface area contributed by atoms with E-state index >= 15 is 0 Å². The summed E-state index contributed by atoms with van der Waals surface area (Å²) in [6, 6.07) is 10.0. The lowest BCUT2D eigenvalue weighted by Crippen LogP contribution is -2.46. The number of benzene rings is 1. The Kier molecular flexibility index (Phi) is 4.44. The highest BCUT2D eigenvalue weighted by Crippen LogP contribution is 2.35. The molecule has 0 amide bonds. The van der Waals surface area contributed by atoms with Crippen molar-refractivity contribution in [2.75, 3.05) is 38.3 Å². The molecule has 0 aliphatic carbocycles. The molecule has 4 heterocycles. The molecule has 2 aromatic heterocycles. The van der Waals surface area contributed by atoms with Crippen LogP contribution in [0.2, 0.25) is 0 Å². The molecule has 3 aromatic rings. The van der Waals surface area contributed by atoms with E-state index in [4.69, 9.17) is 24.3 Å². The molecule has 1 spiro atoms. The van der Waals surface area contributed by atoms with Crippen LogP contribution >= 0.6 is 0 Å². The van der Waals surface area contributed by atoms with Crippen LogP contribution in [0.15, 0.2) is 30.3 Å². The smallest absolute Gasteiger partial charge is 0.171 e. The van der Waals surface area contributed by atoms with Crippen molar-refractivity contribution in [2.24, 2.45) is 0 Å². The molecule has 0 radical (unpaired) electrons. The van der Waals surface area contributed by atoms with E-state index < -0.39 is 0 Å². The lowest BCUT2D eigenvalue weighted by Gasteiger charge is -2.39. The van der Waals surface area contributed by atoms with Crippen molar-refractivity contribution in [3.63, 3.8) is 0 Å². The highest BCUT2D eigenvalue weighted by molar-refractivity contribution is 5.67. The van der Waals surface area contributed by atoms with Crippen LogP contribution in [0.5, 0.6) is 5.75 Å². The van der Waals surface area contributed by atoms with Gasteiger partial charge >= 0.3 is 0 Å². The first-order chi connectivity index (χ1) is 14.1. The highest BCUT2D eigenvalue weighted by atomic mass is 16.7. The Morgan fingerprint density at radius 3 is 2.38 bits per heavy atom. The summed E-state index contributed by atoms with van der Waals surface area (Å²) in [4.78, 5) is 7.17. The van der Waals surface area contributed by atoms with Gasteiger partial charge in [0.15, 0.2) is 11.4 Å². The Balaban J connectivity index is 1.52. The molecular formula is C22H26N4O3. The first-order valence-corrected chi connectivity index (χ1v) is 10.1. The molecule has 7 heteroatoms. The number of aromatic nitrogens is 3. The predicted octanol–water partition coefficient (Wildman–Crippen LogP) is 3.37. The van der Waals surface area contributed by atoms with Crippen LogP contribution in [-0.4, -0.2) is 53.8 Å². The number of fused-ring (bicyclic) bond motifs is 1. The summed E-state index contributed by atoms with van der Waals surface area (Å²) in [5.74, 6) is 1.56. The maximum Gasteiger partial charge on any atom is 0.171 e. The second-order valence-corrected chi connectivity index (χ2v) is 7.77. The monoisotopic (exact) mass is 394 g/mol. The summed E-state index contributed by atoms with van der Waals surface area (Å²) in [5.41, 5.74) is 5.00. The van der Waals surface area contributed by atoms with Gasteiger partial charge in [-0.1, -0.05) is 0 Å². The number of piperidine rings is 1. The molecule has 2 saturated heterocycles. The number of methoxy groups -OCH3 is 1. The quantitative estimate of drug-likeness (QED) is 0.679. The summed E-state index contributed by atoms with van der Waals surface area (Å²) in [6.07, 6.45) is 1.73. The first kappa shape index (κ1) is 18.4. The number of hydrogen-bond acceptors (Lipinski definition) is 6.